The van der Waals surface area contributed by atoms with E-state index >= 15 is 0 Å². The van der Waals surface area contributed by atoms with Crippen LogP contribution in [0.25, 0.3) is 0 Å². The van der Waals surface area contributed by atoms with E-state index in [1.165, 1.54) is 16.2 Å². The van der Waals surface area contributed by atoms with Crippen molar-refractivity contribution < 1.29 is 24.2 Å². The summed E-state index contributed by atoms with van der Waals surface area (Å²) in [5, 5.41) is 13.3. The molecular weight excluding hydrogens is 416 g/mol. The monoisotopic (exact) mass is 444 g/mol. The number of ether oxygens (including phenoxy) is 1. The fraction of sp³-hybridized carbons (Fsp3) is 0.609. The molecule has 1 aromatic rings. The van der Waals surface area contributed by atoms with Gasteiger partial charge in [0.2, 0.25) is 5.91 Å². The molecule has 1 aliphatic heterocycles. The molecule has 0 spiro atoms. The number of rotatable bonds is 4. The number of anilines is 1. The third-order valence-corrected chi connectivity index (χ3v) is 8.48. The Bertz CT molecular complexity index is 948. The Morgan fingerprint density at radius 1 is 1.16 bits per heavy atom. The number of fused-ring (bicyclic) bond motifs is 3. The molecule has 2 amide bonds. The summed E-state index contributed by atoms with van der Waals surface area (Å²) in [7, 11) is 0. The maximum absolute atomic E-state index is 13.5. The summed E-state index contributed by atoms with van der Waals surface area (Å²) in [4.78, 5) is 41.6. The lowest BCUT2D eigenvalue weighted by molar-refractivity contribution is -0.146. The Hall–Kier alpha value is -2.19. The van der Waals surface area contributed by atoms with Crippen LogP contribution >= 0.6 is 11.3 Å². The Balaban J connectivity index is 1.46. The van der Waals surface area contributed by atoms with Crippen LogP contribution in [0.2, 0.25) is 0 Å². The first-order chi connectivity index (χ1) is 14.9. The van der Waals surface area contributed by atoms with Crippen LogP contribution in [0.4, 0.5) is 5.00 Å². The van der Waals surface area contributed by atoms with E-state index in [4.69, 9.17) is 4.74 Å². The SMILES string of the molecule is C[C@H]1CCc2c(sc(NC(=O)[C@H]3[C@@H](C(=O)O)[C@H]4C=C[C@@H]3C4)c2C(=O)N2CCOCC2)C1. The summed E-state index contributed by atoms with van der Waals surface area (Å²) >= 11 is 1.50. The summed E-state index contributed by atoms with van der Waals surface area (Å²) in [5.41, 5.74) is 1.69. The van der Waals surface area contributed by atoms with E-state index in [0.717, 1.165) is 24.8 Å². The quantitative estimate of drug-likeness (QED) is 0.697. The van der Waals surface area contributed by atoms with Gasteiger partial charge in [0.25, 0.3) is 5.91 Å². The number of thiophene rings is 1. The molecule has 5 atom stereocenters. The van der Waals surface area contributed by atoms with Crippen molar-refractivity contribution in [3.8, 4) is 0 Å². The third-order valence-electron chi connectivity index (χ3n) is 7.31. The van der Waals surface area contributed by atoms with Gasteiger partial charge in [-0.2, -0.15) is 0 Å². The molecule has 2 bridgehead atoms. The molecule has 4 aliphatic rings. The maximum Gasteiger partial charge on any atom is 0.307 e. The van der Waals surface area contributed by atoms with Gasteiger partial charge in [-0.3, -0.25) is 14.4 Å². The maximum atomic E-state index is 13.5. The number of carbonyl (C=O) groups excluding carboxylic acids is 2. The first-order valence-corrected chi connectivity index (χ1v) is 12.0. The summed E-state index contributed by atoms with van der Waals surface area (Å²) in [6.07, 6.45) is 7.41. The average Bonchev–Trinajstić information content (AvgIpc) is 3.46. The highest BCUT2D eigenvalue weighted by atomic mass is 32.1. The zero-order valence-electron chi connectivity index (χ0n) is 17.6. The molecule has 0 radical (unpaired) electrons. The number of carboxylic acids is 1. The Labute approximate surface area is 185 Å². The van der Waals surface area contributed by atoms with Gasteiger partial charge in [-0.05, 0) is 49.0 Å². The van der Waals surface area contributed by atoms with Gasteiger partial charge in [-0.1, -0.05) is 19.1 Å². The Morgan fingerprint density at radius 3 is 2.58 bits per heavy atom. The Kier molecular flexibility index (Phi) is 5.38. The molecule has 5 rings (SSSR count). The van der Waals surface area contributed by atoms with Gasteiger partial charge in [0.15, 0.2) is 0 Å². The molecule has 1 saturated heterocycles. The van der Waals surface area contributed by atoms with E-state index in [0.29, 0.717) is 49.2 Å². The van der Waals surface area contributed by atoms with E-state index in [1.54, 1.807) is 4.90 Å². The molecule has 2 fully saturated rings. The van der Waals surface area contributed by atoms with Gasteiger partial charge >= 0.3 is 5.97 Å². The highest BCUT2D eigenvalue weighted by Crippen LogP contribution is 2.49. The first kappa shape index (κ1) is 20.7. The van der Waals surface area contributed by atoms with Crippen molar-refractivity contribution in [1.29, 1.82) is 0 Å². The zero-order valence-corrected chi connectivity index (χ0v) is 18.5. The molecule has 166 valence electrons. The fourth-order valence-corrected chi connectivity index (χ4v) is 7.11. The number of nitrogens with zero attached hydrogens (tertiary/aromatic N) is 1. The molecule has 1 aromatic heterocycles. The van der Waals surface area contributed by atoms with Crippen LogP contribution in [0.5, 0.6) is 0 Å². The minimum absolute atomic E-state index is 0.0425. The second-order valence-corrected chi connectivity index (χ2v) is 10.4. The van der Waals surface area contributed by atoms with E-state index in [9.17, 15) is 19.5 Å². The number of hydrogen-bond donors (Lipinski definition) is 2. The first-order valence-electron chi connectivity index (χ1n) is 11.2. The summed E-state index contributed by atoms with van der Waals surface area (Å²) in [6, 6.07) is 0. The topological polar surface area (TPSA) is 95.9 Å². The predicted octanol–water partition coefficient (Wildman–Crippen LogP) is 2.81. The van der Waals surface area contributed by atoms with Gasteiger partial charge < -0.3 is 20.1 Å². The van der Waals surface area contributed by atoms with Crippen molar-refractivity contribution in [3.63, 3.8) is 0 Å². The van der Waals surface area contributed by atoms with E-state index in [1.807, 2.05) is 12.2 Å². The highest BCUT2D eigenvalue weighted by molar-refractivity contribution is 7.17. The average molecular weight is 445 g/mol. The van der Waals surface area contributed by atoms with E-state index < -0.39 is 17.8 Å². The molecule has 2 heterocycles. The largest absolute Gasteiger partial charge is 0.481 e. The smallest absolute Gasteiger partial charge is 0.307 e. The summed E-state index contributed by atoms with van der Waals surface area (Å²) in [5.74, 6) is -2.08. The van der Waals surface area contributed by atoms with Crippen LogP contribution in [0.3, 0.4) is 0 Å². The second kappa shape index (κ2) is 8.06. The summed E-state index contributed by atoms with van der Waals surface area (Å²) < 4.78 is 5.40. The normalized spacial score (nSPS) is 31.5. The number of amides is 2. The number of nitrogens with one attached hydrogen (secondary N) is 1. The standard InChI is InChI=1S/C23H28N2O5S/c1-12-2-5-15-16(10-12)31-21(19(15)22(27)25-6-8-30-9-7-25)24-20(26)17-13-3-4-14(11-13)18(17)23(28)29/h3-4,12-14,17-18H,2,5-11H2,1H3,(H,24,26)(H,28,29)/t12-,13+,14-,17+,18-/m0/s1. The summed E-state index contributed by atoms with van der Waals surface area (Å²) in [6.45, 7) is 4.35. The molecule has 8 heteroatoms. The minimum Gasteiger partial charge on any atom is -0.481 e. The molecule has 3 aliphatic carbocycles. The molecule has 1 saturated carbocycles. The van der Waals surface area contributed by atoms with Crippen molar-refractivity contribution in [3.05, 3.63) is 28.2 Å². The van der Waals surface area contributed by atoms with Crippen LogP contribution in [0, 0.1) is 29.6 Å². The van der Waals surface area contributed by atoms with Crippen LogP contribution < -0.4 is 5.32 Å². The number of carbonyl (C=O) groups is 3. The molecular formula is C23H28N2O5S. The number of aliphatic carboxylic acids is 1. The third kappa shape index (κ3) is 3.59. The van der Waals surface area contributed by atoms with Crippen LogP contribution in [0.15, 0.2) is 12.2 Å². The van der Waals surface area contributed by atoms with Crippen LogP contribution in [-0.2, 0) is 27.2 Å². The van der Waals surface area contributed by atoms with Crippen LogP contribution in [-0.4, -0.2) is 54.1 Å². The van der Waals surface area contributed by atoms with Gasteiger partial charge in [0, 0.05) is 18.0 Å². The lowest BCUT2D eigenvalue weighted by Crippen LogP contribution is -2.41. The van der Waals surface area contributed by atoms with E-state index in [-0.39, 0.29) is 23.7 Å². The van der Waals surface area contributed by atoms with Crippen LogP contribution in [0.1, 0.15) is 40.6 Å². The second-order valence-electron chi connectivity index (χ2n) is 9.29. The number of carboxylic acid groups (broad SMARTS) is 1. The van der Waals surface area contributed by atoms with Gasteiger partial charge in [-0.15, -0.1) is 11.3 Å². The lowest BCUT2D eigenvalue weighted by Gasteiger charge is -2.28. The Morgan fingerprint density at radius 2 is 1.87 bits per heavy atom. The molecule has 7 nitrogen and oxygen atoms in total. The molecule has 0 aromatic carbocycles. The number of hydrogen-bond acceptors (Lipinski definition) is 5. The number of allylic oxidation sites excluding steroid dienone is 2. The van der Waals surface area contributed by atoms with Crippen molar-refractivity contribution in [2.45, 2.75) is 32.6 Å². The van der Waals surface area contributed by atoms with E-state index in [2.05, 4.69) is 12.2 Å². The highest BCUT2D eigenvalue weighted by Gasteiger charge is 2.52. The molecule has 0 unspecified atom stereocenters. The number of morpholine rings is 1. The van der Waals surface area contributed by atoms with Crippen molar-refractivity contribution in [2.24, 2.45) is 29.6 Å². The minimum atomic E-state index is -0.916. The fourth-order valence-electron chi connectivity index (χ4n) is 5.70. The predicted molar refractivity (Wildman–Crippen MR) is 116 cm³/mol. The van der Waals surface area contributed by atoms with Crippen molar-refractivity contribution in [2.75, 3.05) is 31.6 Å². The van der Waals surface area contributed by atoms with Gasteiger partial charge in [-0.25, -0.2) is 0 Å². The lowest BCUT2D eigenvalue weighted by atomic mass is 9.82. The zero-order chi connectivity index (χ0) is 21.7. The molecule has 31 heavy (non-hydrogen) atoms. The molecule has 2 N–H and O–H groups in total. The van der Waals surface area contributed by atoms with Crippen molar-refractivity contribution >= 4 is 34.1 Å². The van der Waals surface area contributed by atoms with Gasteiger partial charge in [0.1, 0.15) is 5.00 Å². The van der Waals surface area contributed by atoms with Gasteiger partial charge in [0.05, 0.1) is 30.6 Å². The van der Waals surface area contributed by atoms with Crippen molar-refractivity contribution in [1.82, 2.24) is 4.90 Å².